The van der Waals surface area contributed by atoms with Crippen LogP contribution < -0.4 is 10.1 Å². The van der Waals surface area contributed by atoms with E-state index < -0.39 is 16.9 Å². The summed E-state index contributed by atoms with van der Waals surface area (Å²) in [4.78, 5) is 14.7. The predicted molar refractivity (Wildman–Crippen MR) is 116 cm³/mol. The lowest BCUT2D eigenvalue weighted by atomic mass is 9.96. The fourth-order valence-electron chi connectivity index (χ4n) is 4.00. The number of thioether (sulfide) groups is 1. The Morgan fingerprint density at radius 1 is 1.36 bits per heavy atom. The number of amides is 2. The van der Waals surface area contributed by atoms with E-state index in [1.54, 1.807) is 7.11 Å². The Morgan fingerprint density at radius 3 is 2.71 bits per heavy atom. The summed E-state index contributed by atoms with van der Waals surface area (Å²) in [7, 11) is 1.63. The molecule has 0 bridgehead atoms. The fraction of sp³-hybridized carbons (Fsp3) is 0.600. The number of benzene rings is 1. The molecule has 1 aromatic carbocycles. The van der Waals surface area contributed by atoms with Crippen LogP contribution in [0.4, 0.5) is 4.79 Å². The molecule has 8 heteroatoms. The van der Waals surface area contributed by atoms with Gasteiger partial charge in [0.1, 0.15) is 16.2 Å². The molecule has 2 N–H and O–H groups in total. The number of urea groups is 1. The third-order valence-corrected chi connectivity index (χ3v) is 7.04. The van der Waals surface area contributed by atoms with E-state index in [9.17, 15) is 10.0 Å². The highest BCUT2D eigenvalue weighted by Crippen LogP contribution is 2.43. The van der Waals surface area contributed by atoms with Gasteiger partial charge in [-0.05, 0) is 32.8 Å². The lowest BCUT2D eigenvalue weighted by Gasteiger charge is -2.38. The molecule has 154 valence electrons. The van der Waals surface area contributed by atoms with E-state index in [4.69, 9.17) is 17.0 Å². The maximum Gasteiger partial charge on any atom is 0.343 e. The molecule has 1 aliphatic carbocycles. The molecule has 1 atom stereocenters. The second-order valence-corrected chi connectivity index (χ2v) is 10.2. The van der Waals surface area contributed by atoms with Crippen molar-refractivity contribution >= 4 is 34.3 Å². The maximum absolute atomic E-state index is 12.8. The monoisotopic (exact) mass is 423 g/mol. The van der Waals surface area contributed by atoms with Gasteiger partial charge in [0.15, 0.2) is 0 Å². The molecule has 2 aliphatic rings. The van der Waals surface area contributed by atoms with Gasteiger partial charge in [0.05, 0.1) is 18.4 Å². The summed E-state index contributed by atoms with van der Waals surface area (Å²) in [5.41, 5.74) is 0.955. The largest absolute Gasteiger partial charge is 0.496 e. The Hall–Kier alpha value is -1.51. The first-order chi connectivity index (χ1) is 13.3. The van der Waals surface area contributed by atoms with Gasteiger partial charge in [-0.2, -0.15) is 5.06 Å². The lowest BCUT2D eigenvalue weighted by molar-refractivity contribution is -0.121. The van der Waals surface area contributed by atoms with Crippen molar-refractivity contribution in [3.05, 3.63) is 29.8 Å². The topological polar surface area (TPSA) is 65.0 Å². The van der Waals surface area contributed by atoms with Crippen molar-refractivity contribution in [3.63, 3.8) is 0 Å². The number of para-hydroxylation sites is 1. The molecule has 1 saturated carbocycles. The predicted octanol–water partition coefficient (Wildman–Crippen LogP) is 4.37. The van der Waals surface area contributed by atoms with E-state index in [0.717, 1.165) is 42.1 Å². The van der Waals surface area contributed by atoms with Crippen LogP contribution in [0, 0.1) is 0 Å². The number of hydrogen-bond acceptors (Lipinski definition) is 5. The van der Waals surface area contributed by atoms with E-state index >= 15 is 0 Å². The van der Waals surface area contributed by atoms with Crippen LogP contribution >= 0.6 is 24.0 Å². The van der Waals surface area contributed by atoms with Gasteiger partial charge in [-0.15, -0.1) is 0 Å². The summed E-state index contributed by atoms with van der Waals surface area (Å²) in [6.45, 7) is 4.44. The van der Waals surface area contributed by atoms with Crippen LogP contribution in [0.1, 0.15) is 51.5 Å². The minimum atomic E-state index is -0.571. The number of carbonyl (C=O) groups is 1. The van der Waals surface area contributed by atoms with Crippen molar-refractivity contribution in [3.8, 4) is 5.75 Å². The summed E-state index contributed by atoms with van der Waals surface area (Å²) in [5, 5.41) is 14.7. The average Bonchev–Trinajstić information content (AvgIpc) is 2.90. The summed E-state index contributed by atoms with van der Waals surface area (Å²) in [6, 6.07) is 7.39. The molecule has 0 radical (unpaired) electrons. The highest BCUT2D eigenvalue weighted by atomic mass is 32.2. The standard InChI is InChI=1S/C20H29N3O3S2/c1-20(2)17(23(25)18(24)21-15-10-5-4-6-11-15)22(19(27)28-20)13-14-9-7-8-12-16(14)26-3/h7-9,12,15,17,25H,4-6,10-11,13H2,1-3H3,(H,21,24)/t17-/m0/s1. The molecular formula is C20H29N3O3S2. The molecule has 0 aromatic heterocycles. The van der Waals surface area contributed by atoms with Gasteiger partial charge in [0.2, 0.25) is 0 Å². The van der Waals surface area contributed by atoms with Gasteiger partial charge in [0.25, 0.3) is 0 Å². The van der Waals surface area contributed by atoms with Gasteiger partial charge in [-0.1, -0.05) is 61.4 Å². The number of hydrogen-bond donors (Lipinski definition) is 2. The van der Waals surface area contributed by atoms with Gasteiger partial charge < -0.3 is 15.0 Å². The van der Waals surface area contributed by atoms with Gasteiger partial charge in [-0.25, -0.2) is 4.79 Å². The van der Waals surface area contributed by atoms with E-state index in [0.29, 0.717) is 10.9 Å². The third-order valence-electron chi connectivity index (χ3n) is 5.41. The Kier molecular flexibility index (Phi) is 6.73. The van der Waals surface area contributed by atoms with Crippen LogP contribution in [-0.4, -0.2) is 49.6 Å². The first kappa shape index (κ1) is 21.2. The quantitative estimate of drug-likeness (QED) is 0.417. The van der Waals surface area contributed by atoms with Crippen LogP contribution in [0.3, 0.4) is 0 Å². The number of nitrogens with one attached hydrogen (secondary N) is 1. The number of carbonyl (C=O) groups excluding carboxylic acids is 1. The summed E-state index contributed by atoms with van der Waals surface area (Å²) < 4.78 is 5.67. The number of ether oxygens (including phenoxy) is 1. The van der Waals surface area contributed by atoms with E-state index in [-0.39, 0.29) is 6.04 Å². The molecular weight excluding hydrogens is 394 g/mol. The zero-order chi connectivity index (χ0) is 20.3. The Balaban J connectivity index is 1.78. The molecule has 2 amide bonds. The second kappa shape index (κ2) is 8.88. The molecule has 6 nitrogen and oxygen atoms in total. The zero-order valence-electron chi connectivity index (χ0n) is 16.7. The Morgan fingerprint density at radius 2 is 2.04 bits per heavy atom. The number of thiocarbonyl (C=S) groups is 1. The number of nitrogens with zero attached hydrogens (tertiary/aromatic N) is 2. The molecule has 1 heterocycles. The normalized spacial score (nSPS) is 22.2. The Labute approximate surface area is 176 Å². The van der Waals surface area contributed by atoms with Crippen molar-refractivity contribution in [1.29, 1.82) is 0 Å². The molecule has 1 aromatic rings. The third kappa shape index (κ3) is 4.55. The lowest BCUT2D eigenvalue weighted by Crippen LogP contribution is -2.57. The highest BCUT2D eigenvalue weighted by Gasteiger charge is 2.49. The molecule has 0 unspecified atom stereocenters. The summed E-state index contributed by atoms with van der Waals surface area (Å²) >= 11 is 7.09. The summed E-state index contributed by atoms with van der Waals surface area (Å²) in [5.74, 6) is 0.759. The van der Waals surface area contributed by atoms with Crippen LogP contribution in [0.5, 0.6) is 5.75 Å². The highest BCUT2D eigenvalue weighted by molar-refractivity contribution is 8.24. The van der Waals surface area contributed by atoms with Crippen molar-refractivity contribution in [2.75, 3.05) is 7.11 Å². The van der Waals surface area contributed by atoms with Crippen LogP contribution in [-0.2, 0) is 6.54 Å². The summed E-state index contributed by atoms with van der Waals surface area (Å²) in [6.07, 6.45) is 4.80. The van der Waals surface area contributed by atoms with Crippen molar-refractivity contribution in [2.24, 2.45) is 0 Å². The SMILES string of the molecule is COc1ccccc1CN1C(=S)SC(C)(C)[C@@H]1N(O)C(=O)NC1CCCCC1. The Bertz CT molecular complexity index is 722. The molecule has 1 aliphatic heterocycles. The smallest absolute Gasteiger partial charge is 0.343 e. The first-order valence-corrected chi connectivity index (χ1v) is 11.0. The van der Waals surface area contributed by atoms with E-state index in [2.05, 4.69) is 5.32 Å². The van der Waals surface area contributed by atoms with Crippen LogP contribution in [0.2, 0.25) is 0 Å². The maximum atomic E-state index is 12.8. The van der Waals surface area contributed by atoms with Crippen molar-refractivity contribution < 1.29 is 14.7 Å². The molecule has 2 fully saturated rings. The zero-order valence-corrected chi connectivity index (χ0v) is 18.3. The van der Waals surface area contributed by atoms with Crippen molar-refractivity contribution in [1.82, 2.24) is 15.3 Å². The molecule has 1 saturated heterocycles. The van der Waals surface area contributed by atoms with Crippen LogP contribution in [0.25, 0.3) is 0 Å². The molecule has 0 spiro atoms. The van der Waals surface area contributed by atoms with Crippen LogP contribution in [0.15, 0.2) is 24.3 Å². The number of hydroxylamine groups is 2. The molecule has 28 heavy (non-hydrogen) atoms. The first-order valence-electron chi connectivity index (χ1n) is 9.73. The fourth-order valence-corrected chi connectivity index (χ4v) is 5.88. The van der Waals surface area contributed by atoms with Crippen molar-refractivity contribution in [2.45, 2.75) is 69.5 Å². The van der Waals surface area contributed by atoms with Gasteiger partial charge in [0, 0.05) is 11.6 Å². The van der Waals surface area contributed by atoms with E-state index in [1.165, 1.54) is 18.2 Å². The minimum absolute atomic E-state index is 0.127. The molecule has 3 rings (SSSR count). The number of methoxy groups -OCH3 is 1. The second-order valence-electron chi connectivity index (χ2n) is 7.91. The van der Waals surface area contributed by atoms with Gasteiger partial charge >= 0.3 is 6.03 Å². The van der Waals surface area contributed by atoms with E-state index in [1.807, 2.05) is 43.0 Å². The average molecular weight is 424 g/mol. The minimum Gasteiger partial charge on any atom is -0.496 e. The van der Waals surface area contributed by atoms with Gasteiger partial charge in [-0.3, -0.25) is 5.21 Å². The number of rotatable bonds is 5.